The monoisotopic (exact) mass is 441 g/mol. The van der Waals surface area contributed by atoms with Gasteiger partial charge in [-0.05, 0) is 31.5 Å². The zero-order valence-electron chi connectivity index (χ0n) is 16.8. The topological polar surface area (TPSA) is 137 Å². The molecule has 0 bridgehead atoms. The largest absolute Gasteiger partial charge is 0.497 e. The first-order chi connectivity index (χ1) is 13.9. The lowest BCUT2D eigenvalue weighted by Crippen LogP contribution is -2.61. The fraction of sp³-hybridized carbons (Fsp3) is 0.526. The Kier molecular flexibility index (Phi) is 6.92. The van der Waals surface area contributed by atoms with E-state index in [9.17, 15) is 32.8 Å². The lowest BCUT2D eigenvalue weighted by atomic mass is 10.0. The smallest absolute Gasteiger partial charge is 0.405 e. The van der Waals surface area contributed by atoms with Gasteiger partial charge in [-0.2, -0.15) is 5.26 Å². The number of carbonyl (C=O) groups is 2. The number of sulfone groups is 1. The average Bonchev–Trinajstić information content (AvgIpc) is 3.06. The van der Waals surface area contributed by atoms with E-state index in [1.165, 1.54) is 21.0 Å². The van der Waals surface area contributed by atoms with Gasteiger partial charge in [-0.3, -0.25) is 4.79 Å². The van der Waals surface area contributed by atoms with Crippen LogP contribution in [0.2, 0.25) is 0 Å². The fourth-order valence-corrected chi connectivity index (χ4v) is 4.80. The van der Waals surface area contributed by atoms with Crippen LogP contribution in [0.4, 0.5) is 9.18 Å². The molecule has 0 spiro atoms. The van der Waals surface area contributed by atoms with Gasteiger partial charge in [-0.25, -0.2) is 17.6 Å². The van der Waals surface area contributed by atoms with Crippen LogP contribution in [0.3, 0.4) is 0 Å². The molecule has 1 aromatic carbocycles. The predicted octanol–water partition coefficient (Wildman–Crippen LogP) is 1.49. The van der Waals surface area contributed by atoms with Gasteiger partial charge in [0.2, 0.25) is 5.91 Å². The quantitative estimate of drug-likeness (QED) is 0.654. The van der Waals surface area contributed by atoms with Crippen molar-refractivity contribution in [1.29, 1.82) is 5.26 Å². The molecule has 1 saturated heterocycles. The van der Waals surface area contributed by atoms with Crippen LogP contribution in [-0.2, 0) is 20.4 Å². The van der Waals surface area contributed by atoms with Gasteiger partial charge in [0, 0.05) is 6.42 Å². The van der Waals surface area contributed by atoms with Crippen LogP contribution in [0, 0.1) is 11.3 Å². The molecule has 0 radical (unpaired) electrons. The number of nitrogens with zero attached hydrogens (tertiary/aromatic N) is 2. The number of benzene rings is 1. The number of hydrogen-bond acceptors (Lipinski definition) is 6. The van der Waals surface area contributed by atoms with E-state index in [-0.39, 0.29) is 6.42 Å². The summed E-state index contributed by atoms with van der Waals surface area (Å²) in [6, 6.07) is 5.25. The molecule has 1 aliphatic rings. The van der Waals surface area contributed by atoms with Crippen molar-refractivity contribution in [2.45, 2.75) is 49.0 Å². The summed E-state index contributed by atoms with van der Waals surface area (Å²) in [5.74, 6) is -0.872. The molecular formula is C19H24FN3O6S. The second-order valence-corrected chi connectivity index (χ2v) is 10.1. The van der Waals surface area contributed by atoms with E-state index in [0.29, 0.717) is 11.3 Å². The zero-order chi connectivity index (χ0) is 22.7. The Balaban J connectivity index is 2.36. The average molecular weight is 441 g/mol. The summed E-state index contributed by atoms with van der Waals surface area (Å²) in [4.78, 5) is 25.2. The van der Waals surface area contributed by atoms with Gasteiger partial charge in [-0.15, -0.1) is 0 Å². The molecule has 164 valence electrons. The number of hydrogen-bond donors (Lipinski definition) is 2. The molecule has 1 aromatic rings. The van der Waals surface area contributed by atoms with Gasteiger partial charge >= 0.3 is 6.09 Å². The van der Waals surface area contributed by atoms with Crippen molar-refractivity contribution >= 4 is 21.8 Å². The predicted molar refractivity (Wildman–Crippen MR) is 105 cm³/mol. The summed E-state index contributed by atoms with van der Waals surface area (Å²) >= 11 is 0. The molecular weight excluding hydrogens is 417 g/mol. The molecule has 0 aliphatic carbocycles. The third-order valence-electron chi connectivity index (χ3n) is 5.21. The van der Waals surface area contributed by atoms with Gasteiger partial charge in [0.1, 0.15) is 24.0 Å². The number of methoxy groups -OCH3 is 1. The molecule has 2 amide bonds. The molecule has 2 N–H and O–H groups in total. The minimum Gasteiger partial charge on any atom is -0.497 e. The Labute approximate surface area is 174 Å². The van der Waals surface area contributed by atoms with Gasteiger partial charge in [-0.1, -0.05) is 12.1 Å². The number of halogens is 1. The second kappa shape index (κ2) is 8.87. The van der Waals surface area contributed by atoms with Crippen molar-refractivity contribution in [3.8, 4) is 11.8 Å². The van der Waals surface area contributed by atoms with Crippen LogP contribution < -0.4 is 10.1 Å². The first kappa shape index (κ1) is 23.4. The third kappa shape index (κ3) is 4.81. The van der Waals surface area contributed by atoms with Gasteiger partial charge in [0.05, 0.1) is 30.2 Å². The Morgan fingerprint density at radius 3 is 2.50 bits per heavy atom. The number of nitriles is 1. The number of carboxylic acid groups (broad SMARTS) is 1. The summed E-state index contributed by atoms with van der Waals surface area (Å²) < 4.78 is 43.2. The Hall–Kier alpha value is -2.87. The maximum absolute atomic E-state index is 13.8. The first-order valence-electron chi connectivity index (χ1n) is 9.11. The van der Waals surface area contributed by atoms with Gasteiger partial charge < -0.3 is 20.1 Å². The van der Waals surface area contributed by atoms with Crippen molar-refractivity contribution < 1.29 is 32.2 Å². The van der Waals surface area contributed by atoms with Crippen LogP contribution in [-0.4, -0.2) is 67.1 Å². The Bertz CT molecular complexity index is 942. The highest BCUT2D eigenvalue weighted by Gasteiger charge is 2.50. The summed E-state index contributed by atoms with van der Waals surface area (Å²) in [6.07, 6.45) is -3.25. The normalized spacial score (nSPS) is 20.3. The highest BCUT2D eigenvalue weighted by Crippen LogP contribution is 2.30. The highest BCUT2D eigenvalue weighted by molar-refractivity contribution is 7.92. The van der Waals surface area contributed by atoms with E-state index in [2.05, 4.69) is 0 Å². The summed E-state index contributed by atoms with van der Waals surface area (Å²) in [6.45, 7) is 2.06. The van der Waals surface area contributed by atoms with E-state index in [4.69, 9.17) is 4.74 Å². The zero-order valence-corrected chi connectivity index (χ0v) is 17.6. The molecule has 9 nitrogen and oxygen atoms in total. The fourth-order valence-electron chi connectivity index (χ4n) is 3.28. The number of nitrogens with one attached hydrogen (secondary N) is 1. The molecule has 30 heavy (non-hydrogen) atoms. The van der Waals surface area contributed by atoms with Crippen LogP contribution in [0.15, 0.2) is 24.3 Å². The van der Waals surface area contributed by atoms with Crippen molar-refractivity contribution in [3.05, 3.63) is 29.8 Å². The SMILES string of the molecule is COc1ccc(CS(=O)(=O)C(C)(C)[C@H](NC(=O)O)C(=O)N2C[C@@H](F)C[C@H]2C#N)cc1. The van der Waals surface area contributed by atoms with Crippen molar-refractivity contribution in [2.24, 2.45) is 0 Å². The maximum Gasteiger partial charge on any atom is 0.405 e. The summed E-state index contributed by atoms with van der Waals surface area (Å²) in [5, 5.41) is 20.3. The molecule has 1 fully saturated rings. The van der Waals surface area contributed by atoms with E-state index >= 15 is 0 Å². The number of amides is 2. The first-order valence-corrected chi connectivity index (χ1v) is 10.8. The molecule has 0 saturated carbocycles. The number of alkyl halides is 1. The standard InChI is InChI=1S/C19H24FN3O6S/c1-19(2,30(27,28)11-12-4-6-15(29-3)7-5-12)16(22-18(25)26)17(24)23-10-13(20)8-14(23)9-21/h4-7,13-14,16,22H,8,10-11H2,1-3H3,(H,25,26)/t13-,14-,16+/m0/s1. The maximum atomic E-state index is 13.8. The van der Waals surface area contributed by atoms with Crippen molar-refractivity contribution in [2.75, 3.05) is 13.7 Å². The van der Waals surface area contributed by atoms with Crippen LogP contribution in [0.1, 0.15) is 25.8 Å². The molecule has 0 aromatic heterocycles. The Morgan fingerprint density at radius 2 is 2.00 bits per heavy atom. The number of ether oxygens (including phenoxy) is 1. The third-order valence-corrected chi connectivity index (χ3v) is 7.76. The summed E-state index contributed by atoms with van der Waals surface area (Å²) in [5.41, 5.74) is 0.422. The minimum absolute atomic E-state index is 0.207. The van der Waals surface area contributed by atoms with E-state index in [1.54, 1.807) is 30.3 Å². The van der Waals surface area contributed by atoms with Crippen molar-refractivity contribution in [3.63, 3.8) is 0 Å². The number of rotatable bonds is 7. The molecule has 3 atom stereocenters. The van der Waals surface area contributed by atoms with E-state index < -0.39 is 57.1 Å². The molecule has 1 aliphatic heterocycles. The summed E-state index contributed by atoms with van der Waals surface area (Å²) in [7, 11) is -2.61. The van der Waals surface area contributed by atoms with Gasteiger partial charge in [0.25, 0.3) is 0 Å². The molecule has 0 unspecified atom stereocenters. The number of likely N-dealkylation sites (tertiary alicyclic amines) is 1. The highest BCUT2D eigenvalue weighted by atomic mass is 32.2. The number of carbonyl (C=O) groups excluding carboxylic acids is 1. The lowest BCUT2D eigenvalue weighted by Gasteiger charge is -2.35. The van der Waals surface area contributed by atoms with E-state index in [1.807, 2.05) is 5.32 Å². The van der Waals surface area contributed by atoms with Gasteiger partial charge in [0.15, 0.2) is 9.84 Å². The molecule has 1 heterocycles. The molecule has 11 heteroatoms. The second-order valence-electron chi connectivity index (χ2n) is 7.56. The minimum atomic E-state index is -4.08. The Morgan fingerprint density at radius 1 is 1.40 bits per heavy atom. The van der Waals surface area contributed by atoms with Crippen LogP contribution in [0.5, 0.6) is 5.75 Å². The molecule has 2 rings (SSSR count). The lowest BCUT2D eigenvalue weighted by molar-refractivity contribution is -0.134. The van der Waals surface area contributed by atoms with Crippen LogP contribution in [0.25, 0.3) is 0 Å². The van der Waals surface area contributed by atoms with Crippen molar-refractivity contribution in [1.82, 2.24) is 10.2 Å². The van der Waals surface area contributed by atoms with Crippen LogP contribution >= 0.6 is 0 Å². The van der Waals surface area contributed by atoms with E-state index in [0.717, 1.165) is 4.90 Å².